The minimum Gasteiger partial charge on any atom is -0.480 e. The molecular weight excluding hydrogens is 262 g/mol. The second-order valence-corrected chi connectivity index (χ2v) is 5.60. The standard InChI is InChI=1S/C13H25N3O4/c1-5-8-16(9-11(18)19)12(20)14-7-6-10(17)15-13(2,3)4/h5-9H2,1-4H3,(H,14,20)(H,15,17)(H,18,19). The van der Waals surface area contributed by atoms with E-state index in [1.807, 2.05) is 27.7 Å². The molecule has 7 heteroatoms. The third-order valence-electron chi connectivity index (χ3n) is 2.25. The molecular formula is C13H25N3O4. The first-order chi connectivity index (χ1) is 9.15. The minimum atomic E-state index is -1.06. The van der Waals surface area contributed by atoms with Crippen LogP contribution in [0.5, 0.6) is 0 Å². The summed E-state index contributed by atoms with van der Waals surface area (Å²) < 4.78 is 0. The molecule has 7 nitrogen and oxygen atoms in total. The highest BCUT2D eigenvalue weighted by Crippen LogP contribution is 1.99. The van der Waals surface area contributed by atoms with E-state index in [2.05, 4.69) is 10.6 Å². The topological polar surface area (TPSA) is 98.7 Å². The third kappa shape index (κ3) is 9.18. The maximum absolute atomic E-state index is 11.8. The molecule has 0 saturated carbocycles. The number of rotatable bonds is 7. The van der Waals surface area contributed by atoms with Gasteiger partial charge in [0.05, 0.1) is 0 Å². The number of aliphatic carboxylic acids is 1. The van der Waals surface area contributed by atoms with Gasteiger partial charge in [-0.25, -0.2) is 4.79 Å². The first kappa shape index (κ1) is 18.2. The summed E-state index contributed by atoms with van der Waals surface area (Å²) in [4.78, 5) is 35.2. The molecule has 0 unspecified atom stereocenters. The van der Waals surface area contributed by atoms with Crippen LogP contribution >= 0.6 is 0 Å². The molecule has 0 heterocycles. The van der Waals surface area contributed by atoms with E-state index in [9.17, 15) is 14.4 Å². The van der Waals surface area contributed by atoms with Crippen molar-refractivity contribution in [2.75, 3.05) is 19.6 Å². The summed E-state index contributed by atoms with van der Waals surface area (Å²) in [5.74, 6) is -1.21. The number of hydrogen-bond acceptors (Lipinski definition) is 3. The minimum absolute atomic E-state index is 0.155. The molecule has 0 aliphatic carbocycles. The van der Waals surface area contributed by atoms with Gasteiger partial charge in [-0.05, 0) is 27.2 Å². The van der Waals surface area contributed by atoms with Gasteiger partial charge in [0, 0.05) is 25.0 Å². The Labute approximate surface area is 119 Å². The number of hydrogen-bond donors (Lipinski definition) is 3. The van der Waals surface area contributed by atoms with Crippen LogP contribution in [-0.4, -0.2) is 53.1 Å². The van der Waals surface area contributed by atoms with Crippen LogP contribution in [0.15, 0.2) is 0 Å². The van der Waals surface area contributed by atoms with Crippen molar-refractivity contribution in [3.05, 3.63) is 0 Å². The van der Waals surface area contributed by atoms with Crippen LogP contribution in [-0.2, 0) is 9.59 Å². The fraction of sp³-hybridized carbons (Fsp3) is 0.769. The molecule has 0 aromatic heterocycles. The number of nitrogens with zero attached hydrogens (tertiary/aromatic N) is 1. The van der Waals surface area contributed by atoms with Gasteiger partial charge in [0.25, 0.3) is 0 Å². The van der Waals surface area contributed by atoms with E-state index in [1.54, 1.807) is 0 Å². The maximum Gasteiger partial charge on any atom is 0.323 e. The fourth-order valence-corrected chi connectivity index (χ4v) is 1.56. The van der Waals surface area contributed by atoms with E-state index in [0.717, 1.165) is 0 Å². The lowest BCUT2D eigenvalue weighted by Crippen LogP contribution is -2.45. The van der Waals surface area contributed by atoms with Gasteiger partial charge < -0.3 is 20.6 Å². The lowest BCUT2D eigenvalue weighted by atomic mass is 10.1. The van der Waals surface area contributed by atoms with Gasteiger partial charge in [-0.1, -0.05) is 6.92 Å². The average Bonchev–Trinajstić information content (AvgIpc) is 2.25. The Kier molecular flexibility index (Phi) is 7.64. The van der Waals surface area contributed by atoms with Crippen molar-refractivity contribution >= 4 is 17.9 Å². The number of carboxylic acids is 1. The smallest absolute Gasteiger partial charge is 0.323 e. The lowest BCUT2D eigenvalue weighted by Gasteiger charge is -2.22. The largest absolute Gasteiger partial charge is 0.480 e. The van der Waals surface area contributed by atoms with Crippen LogP contribution in [0, 0.1) is 0 Å². The Balaban J connectivity index is 4.12. The van der Waals surface area contributed by atoms with Crippen molar-refractivity contribution in [2.24, 2.45) is 0 Å². The zero-order valence-electron chi connectivity index (χ0n) is 12.7. The molecule has 0 aliphatic heterocycles. The van der Waals surface area contributed by atoms with Gasteiger partial charge in [-0.15, -0.1) is 0 Å². The molecule has 0 radical (unpaired) electrons. The van der Waals surface area contributed by atoms with Crippen molar-refractivity contribution in [3.8, 4) is 0 Å². The van der Waals surface area contributed by atoms with E-state index < -0.39 is 12.0 Å². The zero-order valence-corrected chi connectivity index (χ0v) is 12.7. The SMILES string of the molecule is CCCN(CC(=O)O)C(=O)NCCC(=O)NC(C)(C)C. The predicted molar refractivity (Wildman–Crippen MR) is 75.4 cm³/mol. The molecule has 0 saturated heterocycles. The highest BCUT2D eigenvalue weighted by Gasteiger charge is 2.17. The van der Waals surface area contributed by atoms with Gasteiger partial charge >= 0.3 is 12.0 Å². The molecule has 3 N–H and O–H groups in total. The molecule has 0 rings (SSSR count). The average molecular weight is 287 g/mol. The van der Waals surface area contributed by atoms with E-state index in [1.165, 1.54) is 4.90 Å². The van der Waals surface area contributed by atoms with Crippen LogP contribution in [0.4, 0.5) is 4.79 Å². The van der Waals surface area contributed by atoms with E-state index in [4.69, 9.17) is 5.11 Å². The number of nitrogens with one attached hydrogen (secondary N) is 2. The summed E-state index contributed by atoms with van der Waals surface area (Å²) in [7, 11) is 0. The zero-order chi connectivity index (χ0) is 15.8. The molecule has 0 spiro atoms. The summed E-state index contributed by atoms with van der Waals surface area (Å²) in [5, 5.41) is 14.0. The Morgan fingerprint density at radius 2 is 1.80 bits per heavy atom. The third-order valence-corrected chi connectivity index (χ3v) is 2.25. The summed E-state index contributed by atoms with van der Waals surface area (Å²) in [5.41, 5.74) is -0.307. The molecule has 0 atom stereocenters. The second-order valence-electron chi connectivity index (χ2n) is 5.60. The maximum atomic E-state index is 11.8. The Morgan fingerprint density at radius 1 is 1.20 bits per heavy atom. The normalized spacial score (nSPS) is 10.8. The van der Waals surface area contributed by atoms with Crippen LogP contribution < -0.4 is 10.6 Å². The molecule has 0 aliphatic rings. The Bertz CT molecular complexity index is 350. The van der Waals surface area contributed by atoms with Crippen molar-refractivity contribution in [2.45, 2.75) is 46.1 Å². The van der Waals surface area contributed by atoms with Crippen LogP contribution in [0.3, 0.4) is 0 Å². The number of carboxylic acid groups (broad SMARTS) is 1. The number of carbonyl (C=O) groups excluding carboxylic acids is 2. The van der Waals surface area contributed by atoms with Crippen LogP contribution in [0.25, 0.3) is 0 Å². The fourth-order valence-electron chi connectivity index (χ4n) is 1.56. The summed E-state index contributed by atoms with van der Waals surface area (Å²) in [6, 6.07) is -0.460. The molecule has 20 heavy (non-hydrogen) atoms. The van der Waals surface area contributed by atoms with Gasteiger partial charge in [-0.3, -0.25) is 9.59 Å². The summed E-state index contributed by atoms with van der Waals surface area (Å²) in [6.45, 7) is 7.69. The van der Waals surface area contributed by atoms with Crippen molar-refractivity contribution in [1.82, 2.24) is 15.5 Å². The van der Waals surface area contributed by atoms with Crippen molar-refractivity contribution < 1.29 is 19.5 Å². The van der Waals surface area contributed by atoms with Crippen LogP contribution in [0.2, 0.25) is 0 Å². The first-order valence-electron chi connectivity index (χ1n) is 6.71. The van der Waals surface area contributed by atoms with Gasteiger partial charge in [0.1, 0.15) is 6.54 Å². The second kappa shape index (κ2) is 8.39. The molecule has 116 valence electrons. The molecule has 0 bridgehead atoms. The quantitative estimate of drug-likeness (QED) is 0.645. The van der Waals surface area contributed by atoms with E-state index in [0.29, 0.717) is 13.0 Å². The number of carbonyl (C=O) groups is 3. The molecule has 0 fully saturated rings. The van der Waals surface area contributed by atoms with Gasteiger partial charge in [0.2, 0.25) is 5.91 Å². The van der Waals surface area contributed by atoms with Gasteiger partial charge in [-0.2, -0.15) is 0 Å². The predicted octanol–water partition coefficient (Wildman–Crippen LogP) is 0.797. The van der Waals surface area contributed by atoms with Crippen molar-refractivity contribution in [3.63, 3.8) is 0 Å². The Morgan fingerprint density at radius 3 is 2.25 bits per heavy atom. The summed E-state index contributed by atoms with van der Waals surface area (Å²) in [6.07, 6.45) is 0.835. The lowest BCUT2D eigenvalue weighted by molar-refractivity contribution is -0.137. The first-order valence-corrected chi connectivity index (χ1v) is 6.71. The highest BCUT2D eigenvalue weighted by atomic mass is 16.4. The molecule has 3 amide bonds. The molecule has 0 aromatic rings. The molecule has 0 aromatic carbocycles. The monoisotopic (exact) mass is 287 g/mol. The summed E-state index contributed by atoms with van der Waals surface area (Å²) >= 11 is 0. The van der Waals surface area contributed by atoms with Crippen LogP contribution in [0.1, 0.15) is 40.5 Å². The van der Waals surface area contributed by atoms with Gasteiger partial charge in [0.15, 0.2) is 0 Å². The number of amides is 3. The van der Waals surface area contributed by atoms with E-state index in [-0.39, 0.29) is 31.0 Å². The highest BCUT2D eigenvalue weighted by molar-refractivity contribution is 5.81. The number of urea groups is 1. The van der Waals surface area contributed by atoms with E-state index >= 15 is 0 Å². The Hall–Kier alpha value is -1.79. The van der Waals surface area contributed by atoms with Crippen molar-refractivity contribution in [1.29, 1.82) is 0 Å².